The van der Waals surface area contributed by atoms with Crippen molar-refractivity contribution in [2.75, 3.05) is 18.1 Å². The lowest BCUT2D eigenvalue weighted by Gasteiger charge is -2.53. The van der Waals surface area contributed by atoms with Gasteiger partial charge in [0, 0.05) is 23.6 Å². The predicted molar refractivity (Wildman–Crippen MR) is 122 cm³/mol. The van der Waals surface area contributed by atoms with Crippen molar-refractivity contribution in [3.8, 4) is 5.75 Å². The number of thioether (sulfide) groups is 2. The molecule has 0 saturated carbocycles. The summed E-state index contributed by atoms with van der Waals surface area (Å²) in [7, 11) is 0. The Bertz CT molecular complexity index is 1120. The summed E-state index contributed by atoms with van der Waals surface area (Å²) in [4.78, 5) is 39.0. The molecule has 14 heteroatoms. The first-order chi connectivity index (χ1) is 15.7. The van der Waals surface area contributed by atoms with Gasteiger partial charge >= 0.3 is 5.97 Å². The quantitative estimate of drug-likeness (QED) is 0.139. The number of aromatic nitrogens is 2. The van der Waals surface area contributed by atoms with Gasteiger partial charge in [-0.05, 0) is 31.2 Å². The number of rotatable bonds is 7. The summed E-state index contributed by atoms with van der Waals surface area (Å²) >= 11 is 3.97. The highest BCUT2D eigenvalue weighted by molar-refractivity contribution is 8.01. The van der Waals surface area contributed by atoms with Gasteiger partial charge in [0.2, 0.25) is 5.91 Å². The van der Waals surface area contributed by atoms with Crippen molar-refractivity contribution in [1.82, 2.24) is 20.4 Å². The van der Waals surface area contributed by atoms with Crippen LogP contribution in [-0.2, 0) is 14.4 Å². The monoisotopic (exact) mass is 509 g/mol. The molecule has 2 fully saturated rings. The number of carbonyl (C=O) groups is 3. The molecule has 2 aromatic rings. The van der Waals surface area contributed by atoms with Gasteiger partial charge in [0.05, 0.1) is 0 Å². The Morgan fingerprint density at radius 2 is 2.06 bits per heavy atom. The van der Waals surface area contributed by atoms with Gasteiger partial charge in [-0.15, -0.1) is 22.0 Å². The lowest BCUT2D eigenvalue weighted by Crippen LogP contribution is -2.74. The Balaban J connectivity index is 1.41. The molecule has 0 radical (unpaired) electrons. The van der Waals surface area contributed by atoms with E-state index in [9.17, 15) is 29.8 Å². The number of hydrogen-bond acceptors (Lipinski definition) is 11. The molecule has 2 aliphatic rings. The number of aliphatic carboxylic acids is 1. The number of phenols is 1. The van der Waals surface area contributed by atoms with Gasteiger partial charge in [-0.2, -0.15) is 0 Å². The van der Waals surface area contributed by atoms with Gasteiger partial charge in [0.1, 0.15) is 27.6 Å². The third-order valence-corrected chi connectivity index (χ3v) is 9.17. The number of aryl methyl sites for hydroxylation is 1. The molecule has 3 atom stereocenters. The third kappa shape index (κ3) is 4.50. The minimum atomic E-state index is -1.15. The SMILES string of the molecule is Cc1nnc(SCC2(C(=O)O)CS[C@@H]3C(NC(=O)C(=NO)c4ccc(O)cc4)C(=O)N3C2)s1. The summed E-state index contributed by atoms with van der Waals surface area (Å²) in [6.07, 6.45) is 0. The van der Waals surface area contributed by atoms with Crippen molar-refractivity contribution < 1.29 is 29.8 Å². The van der Waals surface area contributed by atoms with E-state index < -0.39 is 34.6 Å². The van der Waals surface area contributed by atoms with Crippen molar-refractivity contribution in [2.45, 2.75) is 22.7 Å². The molecule has 3 heterocycles. The fourth-order valence-corrected chi connectivity index (χ4v) is 7.18. The molecule has 174 valence electrons. The van der Waals surface area contributed by atoms with Crippen molar-refractivity contribution in [3.63, 3.8) is 0 Å². The average Bonchev–Trinajstić information content (AvgIpc) is 3.22. The molecule has 4 rings (SSSR count). The number of aromatic hydroxyl groups is 1. The molecule has 0 spiro atoms. The number of phenolic OH excluding ortho intramolecular Hbond substituents is 1. The van der Waals surface area contributed by atoms with Crippen LogP contribution < -0.4 is 5.32 Å². The Kier molecular flexibility index (Phi) is 6.50. The van der Waals surface area contributed by atoms with Crippen LogP contribution in [0.1, 0.15) is 10.6 Å². The average molecular weight is 510 g/mol. The van der Waals surface area contributed by atoms with Crippen molar-refractivity contribution in [2.24, 2.45) is 10.6 Å². The molecule has 0 aliphatic carbocycles. The molecule has 0 bridgehead atoms. The summed E-state index contributed by atoms with van der Waals surface area (Å²) in [6, 6.07) is 4.64. The number of carboxylic acids is 1. The van der Waals surface area contributed by atoms with Crippen LogP contribution in [0.25, 0.3) is 0 Å². The van der Waals surface area contributed by atoms with Crippen molar-refractivity contribution in [3.05, 3.63) is 34.8 Å². The normalized spacial score (nSPS) is 24.7. The van der Waals surface area contributed by atoms with Gasteiger partial charge in [-0.25, -0.2) is 0 Å². The van der Waals surface area contributed by atoms with Gasteiger partial charge in [-0.3, -0.25) is 14.4 Å². The lowest BCUT2D eigenvalue weighted by atomic mass is 9.89. The second-order valence-electron chi connectivity index (χ2n) is 7.58. The van der Waals surface area contributed by atoms with E-state index in [2.05, 4.69) is 20.7 Å². The topological polar surface area (TPSA) is 165 Å². The largest absolute Gasteiger partial charge is 0.508 e. The van der Waals surface area contributed by atoms with Crippen LogP contribution in [0.3, 0.4) is 0 Å². The standard InChI is InChI=1S/C19H19N5O6S3/c1-9-21-22-18(33-9)32-8-19(17(28)29)6-24-15(27)13(16(24)31-7-19)20-14(26)12(23-30)10-2-4-11(25)5-3-10/h2-5,13,16,25,30H,6-8H2,1H3,(H,20,26)(H,28,29)/t13?,16-,19?/m1/s1. The van der Waals surface area contributed by atoms with E-state index in [-0.39, 0.29) is 35.1 Å². The van der Waals surface area contributed by atoms with E-state index >= 15 is 0 Å². The number of fused-ring (bicyclic) bond motifs is 1. The fraction of sp³-hybridized carbons (Fsp3) is 0.368. The minimum Gasteiger partial charge on any atom is -0.508 e. The lowest BCUT2D eigenvalue weighted by molar-refractivity contribution is -0.157. The fourth-order valence-electron chi connectivity index (χ4n) is 3.51. The number of carbonyl (C=O) groups excluding carboxylic acids is 2. The zero-order valence-corrected chi connectivity index (χ0v) is 19.6. The molecule has 4 N–H and O–H groups in total. The maximum Gasteiger partial charge on any atom is 0.313 e. The predicted octanol–water partition coefficient (Wildman–Crippen LogP) is 0.994. The van der Waals surface area contributed by atoms with E-state index in [0.29, 0.717) is 4.34 Å². The zero-order chi connectivity index (χ0) is 23.8. The summed E-state index contributed by atoms with van der Waals surface area (Å²) in [5.74, 6) is -1.66. The van der Waals surface area contributed by atoms with Crippen LogP contribution in [0.5, 0.6) is 5.75 Å². The molecule has 2 saturated heterocycles. The van der Waals surface area contributed by atoms with Gasteiger partial charge in [0.25, 0.3) is 5.91 Å². The smallest absolute Gasteiger partial charge is 0.313 e. The molecule has 1 aromatic carbocycles. The number of β-lactam (4-membered cyclic amide) rings is 1. The highest BCUT2D eigenvalue weighted by atomic mass is 32.2. The summed E-state index contributed by atoms with van der Waals surface area (Å²) < 4.78 is 0.672. The van der Waals surface area contributed by atoms with E-state index in [4.69, 9.17) is 0 Å². The molecule has 2 unspecified atom stereocenters. The first-order valence-corrected chi connectivity index (χ1v) is 12.5. The van der Waals surface area contributed by atoms with E-state index in [1.54, 1.807) is 0 Å². The Labute approximate surface area is 200 Å². The molecule has 2 amide bonds. The highest BCUT2D eigenvalue weighted by Crippen LogP contribution is 2.44. The number of oxime groups is 1. The number of benzene rings is 1. The van der Waals surface area contributed by atoms with Crippen LogP contribution in [0.2, 0.25) is 0 Å². The molecular weight excluding hydrogens is 490 g/mol. The van der Waals surface area contributed by atoms with E-state index in [1.165, 1.54) is 64.0 Å². The van der Waals surface area contributed by atoms with Crippen molar-refractivity contribution >= 4 is 58.4 Å². The Morgan fingerprint density at radius 3 is 2.67 bits per heavy atom. The van der Waals surface area contributed by atoms with E-state index in [1.807, 2.05) is 6.92 Å². The van der Waals surface area contributed by atoms with Crippen LogP contribution >= 0.6 is 34.9 Å². The molecule has 1 aromatic heterocycles. The number of hydrogen-bond donors (Lipinski definition) is 4. The summed E-state index contributed by atoms with van der Waals surface area (Å²) in [5.41, 5.74) is -1.19. The number of nitrogens with one attached hydrogen (secondary N) is 1. The molecular formula is C19H19N5O6S3. The second kappa shape index (κ2) is 9.19. The molecule has 11 nitrogen and oxygen atoms in total. The second-order valence-corrected chi connectivity index (χ2v) is 11.1. The first kappa shape index (κ1) is 23.3. The number of amides is 2. The maximum absolute atomic E-state index is 12.8. The van der Waals surface area contributed by atoms with Crippen LogP contribution in [-0.4, -0.2) is 83.5 Å². The Morgan fingerprint density at radius 1 is 1.33 bits per heavy atom. The van der Waals surface area contributed by atoms with Gasteiger partial charge in [0.15, 0.2) is 10.1 Å². The first-order valence-electron chi connectivity index (χ1n) is 9.65. The minimum absolute atomic E-state index is 0.0128. The number of nitrogens with zero attached hydrogens (tertiary/aromatic N) is 4. The Hall–Kier alpha value is -2.84. The summed E-state index contributed by atoms with van der Waals surface area (Å²) in [5, 5.41) is 42.5. The summed E-state index contributed by atoms with van der Waals surface area (Å²) in [6.45, 7) is 1.84. The van der Waals surface area contributed by atoms with Gasteiger partial charge < -0.3 is 25.6 Å². The molecule has 2 aliphatic heterocycles. The zero-order valence-electron chi connectivity index (χ0n) is 17.2. The highest BCUT2D eigenvalue weighted by Gasteiger charge is 2.57. The van der Waals surface area contributed by atoms with Crippen LogP contribution in [0, 0.1) is 12.3 Å². The van der Waals surface area contributed by atoms with Crippen LogP contribution in [0.4, 0.5) is 0 Å². The maximum atomic E-state index is 12.8. The van der Waals surface area contributed by atoms with Crippen molar-refractivity contribution in [1.29, 1.82) is 0 Å². The van der Waals surface area contributed by atoms with Gasteiger partial charge in [-0.1, -0.05) is 28.3 Å². The van der Waals surface area contributed by atoms with E-state index in [0.717, 1.165) is 5.01 Å². The molecule has 33 heavy (non-hydrogen) atoms. The van der Waals surface area contributed by atoms with Crippen LogP contribution in [0.15, 0.2) is 33.8 Å². The number of carboxylic acid groups (broad SMARTS) is 1. The third-order valence-electron chi connectivity index (χ3n) is 5.32.